The van der Waals surface area contributed by atoms with Crippen LogP contribution in [0.4, 0.5) is 4.79 Å². The van der Waals surface area contributed by atoms with Gasteiger partial charge in [0.1, 0.15) is 0 Å². The number of hydrogen-bond donors (Lipinski definition) is 2. The Balaban J connectivity index is 2.08. The number of benzene rings is 1. The molecule has 0 heterocycles. The standard InChI is InChI=1S/C12H16N2O3/c13-12(16)17-9-11(15)14-8-4-7-10-5-2-1-3-6-10/h1-3,5-6H,4,7-9H2,(H2,13,16)(H,14,15). The molecule has 0 aliphatic heterocycles. The second kappa shape index (κ2) is 7.27. The van der Waals surface area contributed by atoms with E-state index < -0.39 is 6.09 Å². The van der Waals surface area contributed by atoms with E-state index >= 15 is 0 Å². The van der Waals surface area contributed by atoms with Crippen LogP contribution >= 0.6 is 0 Å². The first-order valence-electron chi connectivity index (χ1n) is 5.41. The summed E-state index contributed by atoms with van der Waals surface area (Å²) in [5.41, 5.74) is 5.96. The summed E-state index contributed by atoms with van der Waals surface area (Å²) in [5.74, 6) is -0.336. The van der Waals surface area contributed by atoms with Gasteiger partial charge in [0.15, 0.2) is 6.61 Å². The van der Waals surface area contributed by atoms with Crippen LogP contribution in [0.2, 0.25) is 0 Å². The molecule has 0 aliphatic carbocycles. The average Bonchev–Trinajstić information content (AvgIpc) is 2.33. The summed E-state index contributed by atoms with van der Waals surface area (Å²) >= 11 is 0. The van der Waals surface area contributed by atoms with Gasteiger partial charge in [-0.1, -0.05) is 30.3 Å². The Morgan fingerprint density at radius 2 is 1.94 bits per heavy atom. The third-order valence-electron chi connectivity index (χ3n) is 2.15. The second-order valence-electron chi connectivity index (χ2n) is 3.55. The predicted molar refractivity (Wildman–Crippen MR) is 63.3 cm³/mol. The maximum Gasteiger partial charge on any atom is 0.405 e. The van der Waals surface area contributed by atoms with Crippen molar-refractivity contribution >= 4 is 12.0 Å². The van der Waals surface area contributed by atoms with Crippen LogP contribution in [0.1, 0.15) is 12.0 Å². The normalized spacial score (nSPS) is 9.65. The number of nitrogens with two attached hydrogens (primary N) is 1. The minimum atomic E-state index is -0.940. The molecule has 92 valence electrons. The second-order valence-corrected chi connectivity index (χ2v) is 3.55. The fourth-order valence-electron chi connectivity index (χ4n) is 1.35. The fourth-order valence-corrected chi connectivity index (χ4v) is 1.35. The molecule has 0 aromatic heterocycles. The lowest BCUT2D eigenvalue weighted by molar-refractivity contribution is -0.123. The van der Waals surface area contributed by atoms with Gasteiger partial charge < -0.3 is 15.8 Å². The molecule has 0 saturated heterocycles. The molecular formula is C12H16N2O3. The lowest BCUT2D eigenvalue weighted by Gasteiger charge is -2.05. The fraction of sp³-hybridized carbons (Fsp3) is 0.333. The van der Waals surface area contributed by atoms with Gasteiger partial charge in [-0.2, -0.15) is 0 Å². The first kappa shape index (κ1) is 13.0. The molecule has 0 radical (unpaired) electrons. The Morgan fingerprint density at radius 1 is 1.24 bits per heavy atom. The van der Waals surface area contributed by atoms with Crippen LogP contribution in [-0.4, -0.2) is 25.2 Å². The van der Waals surface area contributed by atoms with E-state index in [-0.39, 0.29) is 12.5 Å². The Kier molecular flexibility index (Phi) is 5.57. The molecule has 0 saturated carbocycles. The molecule has 1 rings (SSSR count). The van der Waals surface area contributed by atoms with Gasteiger partial charge in [-0.3, -0.25) is 4.79 Å². The number of rotatable bonds is 6. The average molecular weight is 236 g/mol. The van der Waals surface area contributed by atoms with Gasteiger partial charge in [0.25, 0.3) is 5.91 Å². The number of carbonyl (C=O) groups excluding carboxylic acids is 2. The number of ether oxygens (including phenoxy) is 1. The van der Waals surface area contributed by atoms with Gasteiger partial charge in [0.05, 0.1) is 0 Å². The van der Waals surface area contributed by atoms with Crippen LogP contribution in [0, 0.1) is 0 Å². The SMILES string of the molecule is NC(=O)OCC(=O)NCCCc1ccccc1. The van der Waals surface area contributed by atoms with E-state index in [0.29, 0.717) is 6.54 Å². The molecule has 2 amide bonds. The zero-order valence-corrected chi connectivity index (χ0v) is 9.52. The van der Waals surface area contributed by atoms with Crippen molar-refractivity contribution in [2.45, 2.75) is 12.8 Å². The lowest BCUT2D eigenvalue weighted by atomic mass is 10.1. The maximum atomic E-state index is 11.1. The highest BCUT2D eigenvalue weighted by molar-refractivity contribution is 5.79. The van der Waals surface area contributed by atoms with Gasteiger partial charge in [-0.15, -0.1) is 0 Å². The molecule has 1 aromatic rings. The van der Waals surface area contributed by atoms with Gasteiger partial charge >= 0.3 is 6.09 Å². The Bertz CT molecular complexity index is 365. The molecule has 17 heavy (non-hydrogen) atoms. The van der Waals surface area contributed by atoms with Crippen LogP contribution in [0.15, 0.2) is 30.3 Å². The number of carbonyl (C=O) groups is 2. The van der Waals surface area contributed by atoms with Crippen LogP contribution in [0.25, 0.3) is 0 Å². The van der Waals surface area contributed by atoms with E-state index in [1.54, 1.807) is 0 Å². The number of aryl methyl sites for hydroxylation is 1. The third kappa shape index (κ3) is 6.19. The van der Waals surface area contributed by atoms with Crippen molar-refractivity contribution in [2.75, 3.05) is 13.2 Å². The lowest BCUT2D eigenvalue weighted by Crippen LogP contribution is -2.30. The van der Waals surface area contributed by atoms with Gasteiger partial charge in [-0.25, -0.2) is 4.79 Å². The largest absolute Gasteiger partial charge is 0.440 e. The Labute approximate surface area is 99.9 Å². The van der Waals surface area contributed by atoms with E-state index in [1.807, 2.05) is 30.3 Å². The molecule has 0 unspecified atom stereocenters. The van der Waals surface area contributed by atoms with Crippen LogP contribution < -0.4 is 11.1 Å². The molecule has 1 aromatic carbocycles. The molecule has 0 spiro atoms. The van der Waals surface area contributed by atoms with Crippen molar-refractivity contribution < 1.29 is 14.3 Å². The molecular weight excluding hydrogens is 220 g/mol. The van der Waals surface area contributed by atoms with E-state index in [2.05, 4.69) is 10.1 Å². The number of hydrogen-bond acceptors (Lipinski definition) is 3. The van der Waals surface area contributed by atoms with Crippen LogP contribution in [0.5, 0.6) is 0 Å². The zero-order valence-electron chi connectivity index (χ0n) is 9.52. The van der Waals surface area contributed by atoms with Gasteiger partial charge in [-0.05, 0) is 18.4 Å². The molecule has 3 N–H and O–H groups in total. The monoisotopic (exact) mass is 236 g/mol. The summed E-state index contributed by atoms with van der Waals surface area (Å²) in [6.07, 6.45) is 0.800. The van der Waals surface area contributed by atoms with E-state index in [9.17, 15) is 9.59 Å². The number of amides is 2. The summed E-state index contributed by atoms with van der Waals surface area (Å²) in [7, 11) is 0. The van der Waals surface area contributed by atoms with Gasteiger partial charge in [0.2, 0.25) is 0 Å². The van der Waals surface area contributed by atoms with Crippen molar-refractivity contribution in [1.82, 2.24) is 5.32 Å². The molecule has 0 atom stereocenters. The Hall–Kier alpha value is -2.04. The predicted octanol–water partition coefficient (Wildman–Crippen LogP) is 0.831. The minimum Gasteiger partial charge on any atom is -0.440 e. The van der Waals surface area contributed by atoms with Crippen molar-refractivity contribution in [2.24, 2.45) is 5.73 Å². The number of nitrogens with one attached hydrogen (secondary N) is 1. The quantitative estimate of drug-likeness (QED) is 0.718. The van der Waals surface area contributed by atoms with Crippen molar-refractivity contribution in [1.29, 1.82) is 0 Å². The maximum absolute atomic E-state index is 11.1. The summed E-state index contributed by atoms with van der Waals surface area (Å²) in [4.78, 5) is 21.4. The molecule has 0 aliphatic rings. The molecule has 0 fully saturated rings. The zero-order chi connectivity index (χ0) is 12.5. The summed E-state index contributed by atoms with van der Waals surface area (Å²) < 4.78 is 4.35. The molecule has 5 nitrogen and oxygen atoms in total. The third-order valence-corrected chi connectivity index (χ3v) is 2.15. The van der Waals surface area contributed by atoms with Crippen molar-refractivity contribution in [3.8, 4) is 0 Å². The molecule has 0 bridgehead atoms. The summed E-state index contributed by atoms with van der Waals surface area (Å²) in [6, 6.07) is 10.0. The Morgan fingerprint density at radius 3 is 2.59 bits per heavy atom. The molecule has 5 heteroatoms. The first-order valence-corrected chi connectivity index (χ1v) is 5.41. The van der Waals surface area contributed by atoms with Gasteiger partial charge in [0, 0.05) is 6.54 Å². The van der Waals surface area contributed by atoms with E-state index in [1.165, 1.54) is 5.56 Å². The van der Waals surface area contributed by atoms with Crippen molar-refractivity contribution in [3.63, 3.8) is 0 Å². The minimum absolute atomic E-state index is 0.319. The first-order chi connectivity index (χ1) is 8.18. The summed E-state index contributed by atoms with van der Waals surface area (Å²) in [6.45, 7) is 0.233. The smallest absolute Gasteiger partial charge is 0.405 e. The van der Waals surface area contributed by atoms with Crippen LogP contribution in [-0.2, 0) is 16.0 Å². The van der Waals surface area contributed by atoms with Crippen LogP contribution in [0.3, 0.4) is 0 Å². The highest BCUT2D eigenvalue weighted by Gasteiger charge is 2.02. The topological polar surface area (TPSA) is 81.4 Å². The summed E-state index contributed by atoms with van der Waals surface area (Å²) in [5, 5.41) is 2.64. The van der Waals surface area contributed by atoms with E-state index in [4.69, 9.17) is 5.73 Å². The van der Waals surface area contributed by atoms with E-state index in [0.717, 1.165) is 12.8 Å². The highest BCUT2D eigenvalue weighted by atomic mass is 16.5. The van der Waals surface area contributed by atoms with Crippen molar-refractivity contribution in [3.05, 3.63) is 35.9 Å². The number of primary amides is 1. The highest BCUT2D eigenvalue weighted by Crippen LogP contribution is 2.01.